The van der Waals surface area contributed by atoms with Crippen LogP contribution in [0.1, 0.15) is 38.7 Å². The minimum absolute atomic E-state index is 0.0750. The van der Waals surface area contributed by atoms with Crippen LogP contribution >= 0.6 is 0 Å². The summed E-state index contributed by atoms with van der Waals surface area (Å²) in [6, 6.07) is 6.53. The fourth-order valence-electron chi connectivity index (χ4n) is 3.05. The van der Waals surface area contributed by atoms with Gasteiger partial charge < -0.3 is 16.2 Å². The molecular formula is C17H26N2O2. The van der Waals surface area contributed by atoms with Crippen molar-refractivity contribution in [3.63, 3.8) is 0 Å². The van der Waals surface area contributed by atoms with E-state index in [9.17, 15) is 9.90 Å². The highest BCUT2D eigenvalue weighted by atomic mass is 16.3. The molecule has 4 N–H and O–H groups in total. The summed E-state index contributed by atoms with van der Waals surface area (Å²) in [5.41, 5.74) is 6.97. The van der Waals surface area contributed by atoms with E-state index >= 15 is 0 Å². The van der Waals surface area contributed by atoms with Crippen LogP contribution in [-0.4, -0.2) is 23.1 Å². The molecule has 0 heterocycles. The first-order valence-corrected chi connectivity index (χ1v) is 7.81. The molecule has 1 aliphatic rings. The van der Waals surface area contributed by atoms with Crippen LogP contribution in [0.2, 0.25) is 0 Å². The molecular weight excluding hydrogens is 264 g/mol. The van der Waals surface area contributed by atoms with Crippen LogP contribution in [0.25, 0.3) is 0 Å². The Morgan fingerprint density at radius 1 is 1.33 bits per heavy atom. The molecule has 4 heteroatoms. The topological polar surface area (TPSA) is 75.4 Å². The summed E-state index contributed by atoms with van der Waals surface area (Å²) in [6.45, 7) is 4.46. The Morgan fingerprint density at radius 3 is 2.67 bits per heavy atom. The first kappa shape index (κ1) is 15.8. The van der Waals surface area contributed by atoms with E-state index in [1.54, 1.807) is 24.3 Å². The van der Waals surface area contributed by atoms with Crippen LogP contribution in [0, 0.1) is 11.8 Å². The predicted octanol–water partition coefficient (Wildman–Crippen LogP) is 2.20. The number of carbonyl (C=O) groups is 1. The predicted molar refractivity (Wildman–Crippen MR) is 83.9 cm³/mol. The third kappa shape index (κ3) is 4.21. The van der Waals surface area contributed by atoms with Crippen molar-refractivity contribution in [2.24, 2.45) is 17.6 Å². The van der Waals surface area contributed by atoms with Crippen molar-refractivity contribution < 1.29 is 9.90 Å². The number of rotatable bonds is 4. The number of nitrogens with two attached hydrogens (primary N) is 1. The lowest BCUT2D eigenvalue weighted by molar-refractivity contribution is -0.123. The lowest BCUT2D eigenvalue weighted by Gasteiger charge is -2.35. The number of aromatic hydroxyl groups is 1. The second-order valence-electron chi connectivity index (χ2n) is 6.36. The van der Waals surface area contributed by atoms with Gasteiger partial charge >= 0.3 is 0 Å². The molecule has 1 amide bonds. The van der Waals surface area contributed by atoms with Gasteiger partial charge in [0.25, 0.3) is 0 Å². The van der Waals surface area contributed by atoms with Gasteiger partial charge in [-0.15, -0.1) is 0 Å². The highest BCUT2D eigenvalue weighted by Crippen LogP contribution is 2.29. The normalized spacial score (nSPS) is 27.1. The zero-order chi connectivity index (χ0) is 15.4. The van der Waals surface area contributed by atoms with Gasteiger partial charge in [0.15, 0.2) is 0 Å². The maximum Gasteiger partial charge on any atom is 0.237 e. The Bertz CT molecular complexity index is 472. The van der Waals surface area contributed by atoms with E-state index in [2.05, 4.69) is 19.2 Å². The number of carbonyl (C=O) groups excluding carboxylic acids is 1. The van der Waals surface area contributed by atoms with Gasteiger partial charge in [-0.25, -0.2) is 0 Å². The summed E-state index contributed by atoms with van der Waals surface area (Å²) in [5, 5.41) is 12.4. The Labute approximate surface area is 126 Å². The Kier molecular flexibility index (Phi) is 5.23. The van der Waals surface area contributed by atoms with Gasteiger partial charge in [-0.2, -0.15) is 0 Å². The first-order chi connectivity index (χ1) is 9.97. The molecule has 0 saturated heterocycles. The minimum Gasteiger partial charge on any atom is -0.508 e. The van der Waals surface area contributed by atoms with Crippen molar-refractivity contribution in [2.45, 2.75) is 51.6 Å². The molecule has 21 heavy (non-hydrogen) atoms. The van der Waals surface area contributed by atoms with E-state index in [1.165, 1.54) is 12.8 Å². The molecule has 1 saturated carbocycles. The van der Waals surface area contributed by atoms with Crippen molar-refractivity contribution >= 4 is 5.91 Å². The number of amides is 1. The first-order valence-electron chi connectivity index (χ1n) is 7.81. The Hall–Kier alpha value is -1.55. The number of benzene rings is 1. The maximum absolute atomic E-state index is 12.2. The minimum atomic E-state index is -0.543. The monoisotopic (exact) mass is 290 g/mol. The fourth-order valence-corrected chi connectivity index (χ4v) is 3.05. The van der Waals surface area contributed by atoms with Crippen molar-refractivity contribution in [2.75, 3.05) is 0 Å². The van der Waals surface area contributed by atoms with Gasteiger partial charge in [0.05, 0.1) is 6.04 Å². The van der Waals surface area contributed by atoms with Crippen molar-refractivity contribution in [1.82, 2.24) is 5.32 Å². The smallest absolute Gasteiger partial charge is 0.237 e. The molecule has 0 radical (unpaired) electrons. The molecule has 4 nitrogen and oxygen atoms in total. The van der Waals surface area contributed by atoms with Crippen LogP contribution in [-0.2, 0) is 11.2 Å². The third-order valence-corrected chi connectivity index (χ3v) is 4.76. The average molecular weight is 290 g/mol. The molecule has 1 fully saturated rings. The zero-order valence-electron chi connectivity index (χ0n) is 12.9. The van der Waals surface area contributed by atoms with E-state index in [1.807, 2.05) is 0 Å². The number of phenols is 1. The molecule has 116 valence electrons. The molecule has 0 bridgehead atoms. The van der Waals surface area contributed by atoms with Crippen molar-refractivity contribution in [1.29, 1.82) is 0 Å². The van der Waals surface area contributed by atoms with Crippen LogP contribution in [0.15, 0.2) is 24.3 Å². The SMILES string of the molecule is CC1CCCC(NC(=O)[C@H](N)Cc2ccc(O)cc2)C1C. The Balaban J connectivity index is 1.88. The van der Waals surface area contributed by atoms with E-state index in [4.69, 9.17) is 5.73 Å². The molecule has 1 aliphatic carbocycles. The molecule has 1 aromatic carbocycles. The highest BCUT2D eigenvalue weighted by Gasteiger charge is 2.29. The van der Waals surface area contributed by atoms with Gasteiger partial charge in [-0.05, 0) is 42.4 Å². The largest absolute Gasteiger partial charge is 0.508 e. The number of hydrogen-bond donors (Lipinski definition) is 3. The maximum atomic E-state index is 12.2. The average Bonchev–Trinajstić information content (AvgIpc) is 2.46. The van der Waals surface area contributed by atoms with E-state index in [0.29, 0.717) is 18.3 Å². The summed E-state index contributed by atoms with van der Waals surface area (Å²) in [7, 11) is 0. The molecule has 0 aliphatic heterocycles. The van der Waals surface area contributed by atoms with Crippen molar-refractivity contribution in [3.05, 3.63) is 29.8 Å². The fraction of sp³-hybridized carbons (Fsp3) is 0.588. The highest BCUT2D eigenvalue weighted by molar-refractivity contribution is 5.82. The lowest BCUT2D eigenvalue weighted by Crippen LogP contribution is -2.50. The zero-order valence-corrected chi connectivity index (χ0v) is 12.9. The van der Waals surface area contributed by atoms with E-state index in [0.717, 1.165) is 12.0 Å². The number of hydrogen-bond acceptors (Lipinski definition) is 3. The van der Waals surface area contributed by atoms with Gasteiger partial charge in [0, 0.05) is 6.04 Å². The van der Waals surface area contributed by atoms with E-state index in [-0.39, 0.29) is 17.7 Å². The van der Waals surface area contributed by atoms with E-state index < -0.39 is 6.04 Å². The van der Waals surface area contributed by atoms with Gasteiger partial charge in [-0.3, -0.25) is 4.79 Å². The quantitative estimate of drug-likeness (QED) is 0.795. The Morgan fingerprint density at radius 2 is 2.00 bits per heavy atom. The van der Waals surface area contributed by atoms with Gasteiger partial charge in [-0.1, -0.05) is 38.8 Å². The van der Waals surface area contributed by atoms with Gasteiger partial charge in [0.2, 0.25) is 5.91 Å². The number of nitrogens with one attached hydrogen (secondary N) is 1. The summed E-state index contributed by atoms with van der Waals surface area (Å²) < 4.78 is 0. The molecule has 1 aromatic rings. The van der Waals surface area contributed by atoms with Crippen LogP contribution < -0.4 is 11.1 Å². The molecule has 0 aromatic heterocycles. The third-order valence-electron chi connectivity index (χ3n) is 4.76. The van der Waals surface area contributed by atoms with Crippen LogP contribution in [0.3, 0.4) is 0 Å². The standard InChI is InChI=1S/C17H26N2O2/c1-11-4-3-5-16(12(11)2)19-17(21)15(18)10-13-6-8-14(20)9-7-13/h6-9,11-12,15-16,20H,3-5,10,18H2,1-2H3,(H,19,21)/t11?,12?,15-,16?/m1/s1. The lowest BCUT2D eigenvalue weighted by atomic mass is 9.78. The summed E-state index contributed by atoms with van der Waals surface area (Å²) >= 11 is 0. The second-order valence-corrected chi connectivity index (χ2v) is 6.36. The summed E-state index contributed by atoms with van der Waals surface area (Å²) in [6.07, 6.45) is 3.95. The van der Waals surface area contributed by atoms with Crippen LogP contribution in [0.5, 0.6) is 5.75 Å². The summed E-state index contributed by atoms with van der Waals surface area (Å²) in [4.78, 5) is 12.2. The number of phenolic OH excluding ortho intramolecular Hbond substituents is 1. The molecule has 4 atom stereocenters. The summed E-state index contributed by atoms with van der Waals surface area (Å²) in [5.74, 6) is 1.30. The van der Waals surface area contributed by atoms with Crippen LogP contribution in [0.4, 0.5) is 0 Å². The molecule has 0 spiro atoms. The molecule has 2 rings (SSSR count). The van der Waals surface area contributed by atoms with Crippen molar-refractivity contribution in [3.8, 4) is 5.75 Å². The molecule has 3 unspecified atom stereocenters. The second kappa shape index (κ2) is 6.94. The van der Waals surface area contributed by atoms with Gasteiger partial charge in [0.1, 0.15) is 5.75 Å².